The van der Waals surface area contributed by atoms with Crippen LogP contribution in [0, 0.1) is 31.4 Å². The summed E-state index contributed by atoms with van der Waals surface area (Å²) in [5.74, 6) is 0. The molecule has 6 heteroatoms. The van der Waals surface area contributed by atoms with Gasteiger partial charge < -0.3 is 14.4 Å². The largest absolute Gasteiger partial charge is 0.500 e. The normalized spacial score (nSPS) is 11.6. The van der Waals surface area contributed by atoms with Crippen molar-refractivity contribution in [2.75, 3.05) is 0 Å². The zero-order valence-electron chi connectivity index (χ0n) is 26.3. The zero-order chi connectivity index (χ0) is 30.1. The average molecular weight is 762 g/mol. The predicted octanol–water partition coefficient (Wildman–Crippen LogP) is 9.14. The van der Waals surface area contributed by atoms with Crippen molar-refractivity contribution in [3.8, 4) is 22.5 Å². The van der Waals surface area contributed by atoms with Crippen LogP contribution in [0.15, 0.2) is 83.8 Å². The van der Waals surface area contributed by atoms with E-state index < -0.39 is 8.07 Å². The number of hydrogen-bond acceptors (Lipinski definition) is 4. The number of aryl methyl sites for hydroxylation is 2. The van der Waals surface area contributed by atoms with Crippen LogP contribution in [0.3, 0.4) is 0 Å². The van der Waals surface area contributed by atoms with Crippen molar-refractivity contribution in [1.82, 2.24) is 15.0 Å². The van der Waals surface area contributed by atoms with Crippen LogP contribution in [0.25, 0.3) is 44.5 Å². The molecule has 0 atom stereocenters. The molecule has 0 fully saturated rings. The Bertz CT molecular complexity index is 1850. The standard InChI is InChI=1S/C24H27N2OSi.C13H12N.Ir/c1-24(2,3)14-16-9-12-26-19(13-16)17-7-8-21(28(4,5)6)22-18-15-25-11-10-20(18)27-23(17)22;1-10-8-13(14-9-11(10)2)12-6-4-3-5-7-12;/h8-13,15H,14H2,1-6H3;3-6,8-9H,1-2H3;/q2*-1;. The van der Waals surface area contributed by atoms with Crippen LogP contribution < -0.4 is 5.19 Å². The molecule has 0 N–H and O–H groups in total. The first kappa shape index (κ1) is 32.5. The molecule has 0 bridgehead atoms. The molecular weight excluding hydrogens is 723 g/mol. The van der Waals surface area contributed by atoms with E-state index in [4.69, 9.17) is 4.42 Å². The van der Waals surface area contributed by atoms with Crippen LogP contribution in [0.1, 0.15) is 37.5 Å². The first-order valence-corrected chi connectivity index (χ1v) is 18.0. The summed E-state index contributed by atoms with van der Waals surface area (Å²) in [6.07, 6.45) is 8.50. The number of fused-ring (bicyclic) bond motifs is 3. The van der Waals surface area contributed by atoms with Gasteiger partial charge >= 0.3 is 0 Å². The van der Waals surface area contributed by atoms with Gasteiger partial charge in [0.1, 0.15) is 5.58 Å². The Labute approximate surface area is 270 Å². The fraction of sp³-hybridized carbons (Fsp3) is 0.270. The van der Waals surface area contributed by atoms with Crippen molar-refractivity contribution in [2.45, 2.75) is 60.7 Å². The molecule has 0 aliphatic rings. The van der Waals surface area contributed by atoms with Gasteiger partial charge in [-0.05, 0) is 54.8 Å². The van der Waals surface area contributed by atoms with Gasteiger partial charge in [0, 0.05) is 58.4 Å². The molecule has 0 saturated carbocycles. The van der Waals surface area contributed by atoms with Gasteiger partial charge in [0.15, 0.2) is 0 Å². The van der Waals surface area contributed by atoms with Gasteiger partial charge in [-0.2, -0.15) is 0 Å². The molecule has 0 spiro atoms. The first-order valence-electron chi connectivity index (χ1n) is 14.5. The number of furan rings is 1. The fourth-order valence-electron chi connectivity index (χ4n) is 5.11. The Hall–Kier alpha value is -3.44. The summed E-state index contributed by atoms with van der Waals surface area (Å²) in [5.41, 5.74) is 9.65. The van der Waals surface area contributed by atoms with Crippen molar-refractivity contribution in [3.05, 3.63) is 108 Å². The third-order valence-electron chi connectivity index (χ3n) is 7.33. The Balaban J connectivity index is 0.000000238. The zero-order valence-corrected chi connectivity index (χ0v) is 29.7. The first-order chi connectivity index (χ1) is 19.9. The molecule has 223 valence electrons. The third kappa shape index (κ3) is 7.56. The second-order valence-corrected chi connectivity index (χ2v) is 18.3. The van der Waals surface area contributed by atoms with Gasteiger partial charge in [-0.25, -0.2) is 0 Å². The summed E-state index contributed by atoms with van der Waals surface area (Å²) < 4.78 is 6.33. The monoisotopic (exact) mass is 762 g/mol. The summed E-state index contributed by atoms with van der Waals surface area (Å²) in [6.45, 7) is 18.0. The molecule has 4 nitrogen and oxygen atoms in total. The van der Waals surface area contributed by atoms with Crippen LogP contribution in [0.2, 0.25) is 19.6 Å². The average Bonchev–Trinajstić information content (AvgIpc) is 3.33. The van der Waals surface area contributed by atoms with Crippen molar-refractivity contribution in [1.29, 1.82) is 0 Å². The molecule has 0 unspecified atom stereocenters. The molecule has 6 aromatic rings. The van der Waals surface area contributed by atoms with Gasteiger partial charge in [-0.1, -0.05) is 74.6 Å². The molecule has 0 aliphatic heterocycles. The molecule has 0 aliphatic carbocycles. The van der Waals surface area contributed by atoms with Gasteiger partial charge in [-0.3, -0.25) is 4.98 Å². The van der Waals surface area contributed by atoms with Gasteiger partial charge in [0.25, 0.3) is 0 Å². The van der Waals surface area contributed by atoms with Crippen molar-refractivity contribution in [3.63, 3.8) is 0 Å². The summed E-state index contributed by atoms with van der Waals surface area (Å²) in [5, 5.41) is 3.61. The molecule has 43 heavy (non-hydrogen) atoms. The van der Waals surface area contributed by atoms with E-state index in [0.717, 1.165) is 45.5 Å². The van der Waals surface area contributed by atoms with Crippen molar-refractivity contribution in [2.24, 2.45) is 5.41 Å². The van der Waals surface area contributed by atoms with E-state index in [0.29, 0.717) is 0 Å². The number of rotatable bonds is 4. The minimum absolute atomic E-state index is 0. The third-order valence-corrected chi connectivity index (χ3v) is 9.34. The van der Waals surface area contributed by atoms with Crippen LogP contribution in [0.5, 0.6) is 0 Å². The van der Waals surface area contributed by atoms with Crippen LogP contribution in [-0.4, -0.2) is 23.0 Å². The predicted molar refractivity (Wildman–Crippen MR) is 178 cm³/mol. The van der Waals surface area contributed by atoms with E-state index in [-0.39, 0.29) is 25.5 Å². The van der Waals surface area contributed by atoms with Crippen molar-refractivity contribution >= 4 is 35.2 Å². The maximum Gasteiger partial charge on any atom is 0.124 e. The second kappa shape index (κ2) is 13.0. The van der Waals surface area contributed by atoms with E-state index in [1.165, 1.54) is 27.3 Å². The topological polar surface area (TPSA) is 51.8 Å². The van der Waals surface area contributed by atoms with E-state index in [9.17, 15) is 0 Å². The molecule has 4 heterocycles. The maximum atomic E-state index is 6.33. The van der Waals surface area contributed by atoms with Gasteiger partial charge in [0.2, 0.25) is 0 Å². The molecule has 2 aromatic carbocycles. The fourth-order valence-corrected chi connectivity index (χ4v) is 6.61. The summed E-state index contributed by atoms with van der Waals surface area (Å²) in [6, 6.07) is 25.1. The van der Waals surface area contributed by atoms with E-state index >= 15 is 0 Å². The Morgan fingerprint density at radius 1 is 0.860 bits per heavy atom. The maximum absolute atomic E-state index is 6.33. The number of hydrogen-bond donors (Lipinski definition) is 0. The summed E-state index contributed by atoms with van der Waals surface area (Å²) in [7, 11) is -1.58. The molecule has 6 rings (SSSR count). The van der Waals surface area contributed by atoms with E-state index in [1.54, 1.807) is 6.20 Å². The minimum atomic E-state index is -1.58. The number of pyridine rings is 3. The van der Waals surface area contributed by atoms with E-state index in [1.807, 2.05) is 48.9 Å². The van der Waals surface area contributed by atoms with Crippen LogP contribution in [-0.2, 0) is 26.5 Å². The molecule has 4 aromatic heterocycles. The smallest absolute Gasteiger partial charge is 0.124 e. The molecule has 1 radical (unpaired) electrons. The minimum Gasteiger partial charge on any atom is -0.500 e. The Morgan fingerprint density at radius 2 is 1.65 bits per heavy atom. The summed E-state index contributed by atoms with van der Waals surface area (Å²) in [4.78, 5) is 13.4. The molecular formula is C37H39IrN3OSi-2. The van der Waals surface area contributed by atoms with Gasteiger partial charge in [0.05, 0.1) is 5.58 Å². The summed E-state index contributed by atoms with van der Waals surface area (Å²) >= 11 is 0. The van der Waals surface area contributed by atoms with Gasteiger partial charge in [-0.15, -0.1) is 53.2 Å². The van der Waals surface area contributed by atoms with Crippen LogP contribution in [0.4, 0.5) is 0 Å². The second-order valence-electron chi connectivity index (χ2n) is 13.2. The number of benzene rings is 2. The Morgan fingerprint density at radius 3 is 2.33 bits per heavy atom. The van der Waals surface area contributed by atoms with Crippen molar-refractivity contribution < 1.29 is 24.5 Å². The van der Waals surface area contributed by atoms with E-state index in [2.05, 4.69) is 106 Å². The SMILES string of the molecule is CC(C)(C)Cc1ccnc(-c2[c-]cc([Si](C)(C)C)c3c2oc2ccncc23)c1.Cc1cnc(-c2[c-]cccc2)cc1C.[Ir]. The quantitative estimate of drug-likeness (QED) is 0.133. The number of aromatic nitrogens is 3. The Kier molecular flexibility index (Phi) is 9.85. The molecule has 0 saturated heterocycles. The molecule has 0 amide bonds. The van der Waals surface area contributed by atoms with Crippen LogP contribution >= 0.6 is 0 Å². The number of nitrogens with zero attached hydrogens (tertiary/aromatic N) is 3.